The third-order valence-electron chi connectivity index (χ3n) is 4.88. The highest BCUT2D eigenvalue weighted by Crippen LogP contribution is 2.24. The molecule has 2 aromatic carbocycles. The van der Waals surface area contributed by atoms with E-state index in [9.17, 15) is 4.79 Å². The number of hydrogen-bond donors (Lipinski definition) is 0. The predicted octanol–water partition coefficient (Wildman–Crippen LogP) is 4.00. The largest absolute Gasteiger partial charge is 0.368 e. The van der Waals surface area contributed by atoms with Gasteiger partial charge in [-0.3, -0.25) is 4.79 Å². The molecule has 0 radical (unpaired) electrons. The van der Waals surface area contributed by atoms with Gasteiger partial charge in [0.1, 0.15) is 0 Å². The van der Waals surface area contributed by atoms with Gasteiger partial charge in [0.05, 0.1) is 0 Å². The van der Waals surface area contributed by atoms with Crippen molar-refractivity contribution in [3.05, 3.63) is 64.7 Å². The van der Waals surface area contributed by atoms with Crippen molar-refractivity contribution in [3.8, 4) is 0 Å². The SMILES string of the molecule is Cc1cccc(N2CCN(C(=O)c3ccccc3CCl)CC2)c1C. The number of amides is 1. The normalized spacial score (nSPS) is 14.8. The predicted molar refractivity (Wildman–Crippen MR) is 100 cm³/mol. The number of carbonyl (C=O) groups excluding carboxylic acids is 1. The molecule has 2 aromatic rings. The molecule has 0 atom stereocenters. The van der Waals surface area contributed by atoms with Crippen LogP contribution >= 0.6 is 11.6 Å². The Morgan fingerprint density at radius 3 is 2.42 bits per heavy atom. The van der Waals surface area contributed by atoms with Gasteiger partial charge in [-0.2, -0.15) is 0 Å². The van der Waals surface area contributed by atoms with Crippen LogP contribution in [0.25, 0.3) is 0 Å². The monoisotopic (exact) mass is 342 g/mol. The Kier molecular flexibility index (Phi) is 5.10. The standard InChI is InChI=1S/C20H23ClN2O/c1-15-6-5-9-19(16(15)2)22-10-12-23(13-11-22)20(24)18-8-4-3-7-17(18)14-21/h3-9H,10-14H2,1-2H3. The van der Waals surface area contributed by atoms with Crippen LogP contribution in [0.4, 0.5) is 5.69 Å². The van der Waals surface area contributed by atoms with Gasteiger partial charge >= 0.3 is 0 Å². The number of carbonyl (C=O) groups is 1. The molecule has 0 aliphatic carbocycles. The summed E-state index contributed by atoms with van der Waals surface area (Å²) in [5, 5.41) is 0. The molecule has 1 amide bonds. The zero-order chi connectivity index (χ0) is 17.1. The molecule has 1 aliphatic rings. The number of halogens is 1. The summed E-state index contributed by atoms with van der Waals surface area (Å²) in [7, 11) is 0. The van der Waals surface area contributed by atoms with Crippen molar-refractivity contribution < 1.29 is 4.79 Å². The number of alkyl halides is 1. The molecule has 1 heterocycles. The van der Waals surface area contributed by atoms with Crippen molar-refractivity contribution in [2.75, 3.05) is 31.1 Å². The summed E-state index contributed by atoms with van der Waals surface area (Å²) in [6, 6.07) is 14.0. The van der Waals surface area contributed by atoms with E-state index in [2.05, 4.69) is 36.9 Å². The van der Waals surface area contributed by atoms with E-state index in [4.69, 9.17) is 11.6 Å². The van der Waals surface area contributed by atoms with Crippen LogP contribution < -0.4 is 4.90 Å². The van der Waals surface area contributed by atoms with Crippen molar-refractivity contribution in [2.45, 2.75) is 19.7 Å². The summed E-state index contributed by atoms with van der Waals surface area (Å²) < 4.78 is 0. The average molecular weight is 343 g/mol. The fraction of sp³-hybridized carbons (Fsp3) is 0.350. The number of benzene rings is 2. The van der Waals surface area contributed by atoms with E-state index in [0.717, 1.165) is 37.3 Å². The Balaban J connectivity index is 1.71. The Hall–Kier alpha value is -2.00. The van der Waals surface area contributed by atoms with Crippen molar-refractivity contribution in [2.24, 2.45) is 0 Å². The van der Waals surface area contributed by atoms with Crippen LogP contribution in [0.5, 0.6) is 0 Å². The van der Waals surface area contributed by atoms with Gasteiger partial charge in [0.2, 0.25) is 0 Å². The maximum Gasteiger partial charge on any atom is 0.254 e. The second-order valence-electron chi connectivity index (χ2n) is 6.29. The van der Waals surface area contributed by atoms with Gasteiger partial charge in [0, 0.05) is 43.3 Å². The molecule has 3 rings (SSSR count). The summed E-state index contributed by atoms with van der Waals surface area (Å²) in [5.74, 6) is 0.455. The maximum absolute atomic E-state index is 12.8. The van der Waals surface area contributed by atoms with Crippen molar-refractivity contribution in [1.29, 1.82) is 0 Å². The minimum atomic E-state index is 0.0897. The molecule has 0 N–H and O–H groups in total. The third-order valence-corrected chi connectivity index (χ3v) is 5.16. The number of piperazine rings is 1. The van der Waals surface area contributed by atoms with Gasteiger partial charge in [0.15, 0.2) is 0 Å². The Bertz CT molecular complexity index is 736. The molecule has 4 heteroatoms. The first-order valence-electron chi connectivity index (χ1n) is 8.36. The number of aryl methyl sites for hydroxylation is 1. The lowest BCUT2D eigenvalue weighted by atomic mass is 10.1. The first kappa shape index (κ1) is 16.8. The molecular formula is C20H23ClN2O. The zero-order valence-electron chi connectivity index (χ0n) is 14.3. The summed E-state index contributed by atoms with van der Waals surface area (Å²) in [6.07, 6.45) is 0. The van der Waals surface area contributed by atoms with Crippen LogP contribution in [-0.2, 0) is 5.88 Å². The van der Waals surface area contributed by atoms with E-state index in [0.29, 0.717) is 5.88 Å². The smallest absolute Gasteiger partial charge is 0.254 e. The lowest BCUT2D eigenvalue weighted by molar-refractivity contribution is 0.0746. The van der Waals surface area contributed by atoms with Crippen LogP contribution in [-0.4, -0.2) is 37.0 Å². The molecule has 0 saturated carbocycles. The molecule has 0 unspecified atom stereocenters. The molecule has 1 fully saturated rings. The second-order valence-corrected chi connectivity index (χ2v) is 6.56. The molecule has 3 nitrogen and oxygen atoms in total. The first-order chi connectivity index (χ1) is 11.6. The lowest BCUT2D eigenvalue weighted by Gasteiger charge is -2.37. The van der Waals surface area contributed by atoms with Crippen molar-refractivity contribution in [1.82, 2.24) is 4.90 Å². The molecule has 24 heavy (non-hydrogen) atoms. The Morgan fingerprint density at radius 1 is 1.00 bits per heavy atom. The summed E-state index contributed by atoms with van der Waals surface area (Å²) >= 11 is 5.97. The molecule has 0 aromatic heterocycles. The van der Waals surface area contributed by atoms with E-state index in [1.807, 2.05) is 29.2 Å². The fourth-order valence-corrected chi connectivity index (χ4v) is 3.48. The van der Waals surface area contributed by atoms with Gasteiger partial charge in [-0.1, -0.05) is 30.3 Å². The van der Waals surface area contributed by atoms with E-state index < -0.39 is 0 Å². The minimum absolute atomic E-state index is 0.0897. The van der Waals surface area contributed by atoms with E-state index in [-0.39, 0.29) is 5.91 Å². The Labute approximate surface area is 148 Å². The number of hydrogen-bond acceptors (Lipinski definition) is 2. The lowest BCUT2D eigenvalue weighted by Crippen LogP contribution is -2.49. The van der Waals surface area contributed by atoms with Crippen LogP contribution in [0.1, 0.15) is 27.0 Å². The highest BCUT2D eigenvalue weighted by Gasteiger charge is 2.24. The molecule has 0 spiro atoms. The maximum atomic E-state index is 12.8. The van der Waals surface area contributed by atoms with Gasteiger partial charge < -0.3 is 9.80 Å². The highest BCUT2D eigenvalue weighted by molar-refractivity contribution is 6.17. The van der Waals surface area contributed by atoms with Crippen molar-refractivity contribution in [3.63, 3.8) is 0 Å². The molecule has 0 bridgehead atoms. The van der Waals surface area contributed by atoms with Crippen molar-refractivity contribution >= 4 is 23.2 Å². The zero-order valence-corrected chi connectivity index (χ0v) is 15.0. The van der Waals surface area contributed by atoms with E-state index in [1.54, 1.807) is 0 Å². The first-order valence-corrected chi connectivity index (χ1v) is 8.89. The summed E-state index contributed by atoms with van der Waals surface area (Å²) in [4.78, 5) is 17.1. The summed E-state index contributed by atoms with van der Waals surface area (Å²) in [5.41, 5.74) is 5.55. The Morgan fingerprint density at radius 2 is 1.71 bits per heavy atom. The molecule has 1 saturated heterocycles. The van der Waals surface area contributed by atoms with Crippen LogP contribution in [0.2, 0.25) is 0 Å². The van der Waals surface area contributed by atoms with Gasteiger partial charge in [-0.25, -0.2) is 0 Å². The van der Waals surface area contributed by atoms with Crippen LogP contribution in [0.3, 0.4) is 0 Å². The van der Waals surface area contributed by atoms with Crippen LogP contribution in [0, 0.1) is 13.8 Å². The molecular weight excluding hydrogens is 320 g/mol. The quantitative estimate of drug-likeness (QED) is 0.787. The second kappa shape index (κ2) is 7.27. The van der Waals surface area contributed by atoms with Gasteiger partial charge in [-0.05, 0) is 42.7 Å². The summed E-state index contributed by atoms with van der Waals surface area (Å²) in [6.45, 7) is 7.50. The number of rotatable bonds is 3. The molecule has 126 valence electrons. The topological polar surface area (TPSA) is 23.6 Å². The van der Waals surface area contributed by atoms with Crippen LogP contribution in [0.15, 0.2) is 42.5 Å². The molecule has 1 aliphatic heterocycles. The minimum Gasteiger partial charge on any atom is -0.368 e. The van der Waals surface area contributed by atoms with E-state index in [1.165, 1.54) is 16.8 Å². The van der Waals surface area contributed by atoms with Gasteiger partial charge in [-0.15, -0.1) is 11.6 Å². The number of nitrogens with zero attached hydrogens (tertiary/aromatic N) is 2. The van der Waals surface area contributed by atoms with Gasteiger partial charge in [0.25, 0.3) is 5.91 Å². The highest BCUT2D eigenvalue weighted by atomic mass is 35.5. The third kappa shape index (κ3) is 3.27. The fourth-order valence-electron chi connectivity index (χ4n) is 3.24. The number of anilines is 1. The average Bonchev–Trinajstić information content (AvgIpc) is 2.63. The van der Waals surface area contributed by atoms with E-state index >= 15 is 0 Å².